The minimum Gasteiger partial charge on any atom is -0.489 e. The molecule has 0 radical (unpaired) electrons. The Hall–Kier alpha value is -3.78. The third-order valence-corrected chi connectivity index (χ3v) is 10.1. The molecular weight excluding hydrogens is 572 g/mol. The number of amides is 1. The van der Waals surface area contributed by atoms with Gasteiger partial charge in [0.2, 0.25) is 12.7 Å². The highest BCUT2D eigenvalue weighted by atomic mass is 16.7. The number of hydrogen-bond donors (Lipinski definition) is 1. The second-order valence-electron chi connectivity index (χ2n) is 12.9. The van der Waals surface area contributed by atoms with Gasteiger partial charge in [-0.25, -0.2) is 0 Å². The van der Waals surface area contributed by atoms with Gasteiger partial charge < -0.3 is 29.0 Å². The van der Waals surface area contributed by atoms with Crippen LogP contribution in [-0.2, 0) is 22.4 Å². The van der Waals surface area contributed by atoms with Crippen molar-refractivity contribution in [3.63, 3.8) is 0 Å². The van der Waals surface area contributed by atoms with Gasteiger partial charge >= 0.3 is 0 Å². The number of aryl methyl sites for hydroxylation is 1. The maximum atomic E-state index is 13.0. The molecule has 240 valence electrons. The van der Waals surface area contributed by atoms with E-state index in [2.05, 4.69) is 54.7 Å². The highest BCUT2D eigenvalue weighted by Crippen LogP contribution is 2.57. The van der Waals surface area contributed by atoms with E-state index in [0.717, 1.165) is 44.9 Å². The molecule has 4 aliphatic heterocycles. The van der Waals surface area contributed by atoms with E-state index in [9.17, 15) is 10.1 Å². The van der Waals surface area contributed by atoms with Crippen LogP contribution in [0.5, 0.6) is 23.0 Å². The summed E-state index contributed by atoms with van der Waals surface area (Å²) in [6, 6.07) is 3.86. The first kappa shape index (κ1) is 31.2. The summed E-state index contributed by atoms with van der Waals surface area (Å²) < 4.78 is 30.3. The molecule has 2 aromatic carbocycles. The minimum atomic E-state index is -0.444. The number of carbonyl (C=O) groups is 1. The number of methoxy groups -OCH3 is 1. The molecule has 0 aliphatic carbocycles. The number of carbonyl (C=O) groups excluding carboxylic acids is 1. The molecule has 2 bridgehead atoms. The van der Waals surface area contributed by atoms with E-state index in [1.807, 2.05) is 20.8 Å². The predicted molar refractivity (Wildman–Crippen MR) is 169 cm³/mol. The van der Waals surface area contributed by atoms with Crippen molar-refractivity contribution < 1.29 is 28.5 Å². The van der Waals surface area contributed by atoms with Crippen LogP contribution in [0.1, 0.15) is 64.9 Å². The number of benzene rings is 2. The van der Waals surface area contributed by atoms with E-state index in [0.29, 0.717) is 37.5 Å². The standard InChI is InChI=1S/C35H44N4O6/c1-9-10-42-31-21(6)33-34(45-17-44-33)29-23(31)13-25-30-28-22(11-19(4)20(5)32(28)43-16-41-8)12-24(38(30)7)26(14-36)39(25)27(29)15-37-35(40)18(2)3/h9,11,18,24-27,30H,1,10,12-13,15-17H2,2-8H3,(H,37,40)/t24-,25?,26-,27-,30+/m0/s1. The second kappa shape index (κ2) is 12.2. The minimum absolute atomic E-state index is 0.0442. The normalized spacial score (nSPS) is 24.7. The molecule has 4 aliphatic rings. The summed E-state index contributed by atoms with van der Waals surface area (Å²) in [6.07, 6.45) is 3.04. The Labute approximate surface area is 265 Å². The van der Waals surface area contributed by atoms with Gasteiger partial charge in [-0.2, -0.15) is 5.26 Å². The van der Waals surface area contributed by atoms with E-state index in [1.165, 1.54) is 5.56 Å². The van der Waals surface area contributed by atoms with Gasteiger partial charge in [0.15, 0.2) is 18.3 Å². The zero-order chi connectivity index (χ0) is 32.2. The van der Waals surface area contributed by atoms with E-state index in [4.69, 9.17) is 23.7 Å². The summed E-state index contributed by atoms with van der Waals surface area (Å²) in [5.41, 5.74) is 7.39. The van der Waals surface area contributed by atoms with E-state index in [1.54, 1.807) is 13.2 Å². The van der Waals surface area contributed by atoms with Crippen LogP contribution < -0.4 is 24.3 Å². The fraction of sp³-hybridized carbons (Fsp3) is 0.543. The molecule has 6 rings (SSSR count). The summed E-state index contributed by atoms with van der Waals surface area (Å²) in [5.74, 6) is 2.69. The first-order valence-electron chi connectivity index (χ1n) is 15.7. The Morgan fingerprint density at radius 2 is 1.89 bits per heavy atom. The van der Waals surface area contributed by atoms with Crippen LogP contribution in [-0.4, -0.2) is 74.7 Å². The van der Waals surface area contributed by atoms with Gasteiger partial charge in [0.05, 0.1) is 18.2 Å². The van der Waals surface area contributed by atoms with Crippen LogP contribution in [0.2, 0.25) is 0 Å². The molecular formula is C35H44N4O6. The van der Waals surface area contributed by atoms with Gasteiger partial charge in [0.1, 0.15) is 24.1 Å². The van der Waals surface area contributed by atoms with Gasteiger partial charge in [-0.3, -0.25) is 14.6 Å². The number of fused-ring (bicyclic) bond motifs is 9. The lowest BCUT2D eigenvalue weighted by atomic mass is 9.71. The number of ether oxygens (including phenoxy) is 5. The van der Waals surface area contributed by atoms with Crippen LogP contribution in [0.15, 0.2) is 18.7 Å². The molecule has 0 saturated carbocycles. The van der Waals surface area contributed by atoms with Crippen molar-refractivity contribution in [1.82, 2.24) is 15.1 Å². The van der Waals surface area contributed by atoms with E-state index >= 15 is 0 Å². The average molecular weight is 617 g/mol. The van der Waals surface area contributed by atoms with Gasteiger partial charge in [0, 0.05) is 53.9 Å². The van der Waals surface area contributed by atoms with Crippen molar-refractivity contribution in [2.45, 2.75) is 77.7 Å². The Morgan fingerprint density at radius 1 is 1.13 bits per heavy atom. The third-order valence-electron chi connectivity index (χ3n) is 10.1. The lowest BCUT2D eigenvalue weighted by Gasteiger charge is -2.60. The van der Waals surface area contributed by atoms with Crippen LogP contribution >= 0.6 is 0 Å². The molecule has 1 amide bonds. The highest BCUT2D eigenvalue weighted by molar-refractivity contribution is 5.78. The van der Waals surface area contributed by atoms with Crippen molar-refractivity contribution in [3.05, 3.63) is 57.7 Å². The number of nitrogens with one attached hydrogen (secondary N) is 1. The maximum absolute atomic E-state index is 13.0. The van der Waals surface area contributed by atoms with Crippen molar-refractivity contribution in [3.8, 4) is 29.1 Å². The summed E-state index contributed by atoms with van der Waals surface area (Å²) in [4.78, 5) is 17.7. The lowest BCUT2D eigenvalue weighted by Crippen LogP contribution is -2.68. The summed E-state index contributed by atoms with van der Waals surface area (Å²) in [5, 5.41) is 14.1. The third kappa shape index (κ3) is 4.93. The molecule has 5 atom stereocenters. The van der Waals surface area contributed by atoms with Crippen LogP contribution in [0.3, 0.4) is 0 Å². The predicted octanol–water partition coefficient (Wildman–Crippen LogP) is 4.43. The number of rotatable bonds is 9. The quantitative estimate of drug-likeness (QED) is 0.324. The number of likely N-dealkylation sites (N-methyl/N-ethyl adjacent to an activating group) is 1. The second-order valence-corrected chi connectivity index (χ2v) is 12.9. The van der Waals surface area contributed by atoms with E-state index in [-0.39, 0.29) is 49.6 Å². The number of hydrogen-bond acceptors (Lipinski definition) is 9. The number of piperazine rings is 1. The molecule has 4 heterocycles. The maximum Gasteiger partial charge on any atom is 0.231 e. The monoisotopic (exact) mass is 616 g/mol. The molecule has 2 aromatic rings. The van der Waals surface area contributed by atoms with Crippen molar-refractivity contribution in [2.75, 3.05) is 40.9 Å². The summed E-state index contributed by atoms with van der Waals surface area (Å²) in [6.45, 7) is 14.7. The Morgan fingerprint density at radius 3 is 2.58 bits per heavy atom. The fourth-order valence-corrected chi connectivity index (χ4v) is 7.92. The van der Waals surface area contributed by atoms with Crippen LogP contribution in [0, 0.1) is 38.0 Å². The molecule has 1 saturated heterocycles. The average Bonchev–Trinajstić information content (AvgIpc) is 3.51. The summed E-state index contributed by atoms with van der Waals surface area (Å²) >= 11 is 0. The zero-order valence-electron chi connectivity index (χ0n) is 27.4. The van der Waals surface area contributed by atoms with Gasteiger partial charge in [-0.15, -0.1) is 0 Å². The SMILES string of the molecule is C=CCOc1c(C)c2c(c3c1CC1[C@@H]4c5c(cc(C)c(C)c5OCOC)C[C@@H]([C@H](C#N)N1[C@H]3CNC(=O)C(C)C)N4C)OCO2. The zero-order valence-corrected chi connectivity index (χ0v) is 27.4. The van der Waals surface area contributed by atoms with Crippen molar-refractivity contribution in [1.29, 1.82) is 5.26 Å². The van der Waals surface area contributed by atoms with Gasteiger partial charge in [-0.05, 0) is 57.4 Å². The van der Waals surface area contributed by atoms with Crippen molar-refractivity contribution >= 4 is 5.91 Å². The molecule has 1 unspecified atom stereocenters. The van der Waals surface area contributed by atoms with Gasteiger partial charge in [0.25, 0.3) is 0 Å². The smallest absolute Gasteiger partial charge is 0.231 e. The summed E-state index contributed by atoms with van der Waals surface area (Å²) in [7, 11) is 3.76. The molecule has 0 spiro atoms. The van der Waals surface area contributed by atoms with Crippen LogP contribution in [0.25, 0.3) is 0 Å². The fourth-order valence-electron chi connectivity index (χ4n) is 7.92. The Balaban J connectivity index is 1.60. The molecule has 10 heteroatoms. The first-order valence-corrected chi connectivity index (χ1v) is 15.7. The largest absolute Gasteiger partial charge is 0.489 e. The topological polar surface area (TPSA) is 106 Å². The molecule has 10 nitrogen and oxygen atoms in total. The Bertz CT molecular complexity index is 1560. The van der Waals surface area contributed by atoms with Crippen LogP contribution in [0.4, 0.5) is 0 Å². The molecule has 1 fully saturated rings. The molecule has 1 N–H and O–H groups in total. The molecule has 0 aromatic heterocycles. The van der Waals surface area contributed by atoms with E-state index < -0.39 is 6.04 Å². The highest BCUT2D eigenvalue weighted by Gasteiger charge is 2.56. The van der Waals surface area contributed by atoms with Crippen molar-refractivity contribution in [2.24, 2.45) is 5.92 Å². The first-order chi connectivity index (χ1) is 21.6. The molecule has 45 heavy (non-hydrogen) atoms. The number of nitrogens with zero attached hydrogens (tertiary/aromatic N) is 3. The number of nitriles is 1. The van der Waals surface area contributed by atoms with Gasteiger partial charge in [-0.1, -0.05) is 32.6 Å². The lowest BCUT2D eigenvalue weighted by molar-refractivity contribution is -0.125. The Kier molecular flexibility index (Phi) is 8.46.